The Balaban J connectivity index is 2.07. The summed E-state index contributed by atoms with van der Waals surface area (Å²) < 4.78 is 30.8. The van der Waals surface area contributed by atoms with E-state index < -0.39 is 15.6 Å². The molecule has 1 aliphatic rings. The number of carbonyl (C=O) groups is 1. The number of sulfonamides is 1. The van der Waals surface area contributed by atoms with Crippen molar-refractivity contribution in [3.63, 3.8) is 0 Å². The summed E-state index contributed by atoms with van der Waals surface area (Å²) >= 11 is 0. The van der Waals surface area contributed by atoms with Gasteiger partial charge in [0.25, 0.3) is 0 Å². The molecule has 0 saturated carbocycles. The molecule has 27 heavy (non-hydrogen) atoms. The van der Waals surface area contributed by atoms with Crippen LogP contribution in [0.3, 0.4) is 0 Å². The van der Waals surface area contributed by atoms with Crippen LogP contribution in [0.4, 0.5) is 10.5 Å². The second kappa shape index (κ2) is 8.48. The third-order valence-electron chi connectivity index (χ3n) is 4.43. The van der Waals surface area contributed by atoms with Crippen LogP contribution < -0.4 is 4.90 Å². The first-order valence-electron chi connectivity index (χ1n) is 9.27. The molecular formula is C19H31N3O4S. The largest absolute Gasteiger partial charge is 0.444 e. The standard InChI is InChI=1S/C19H31N3O4S/c1-6-22(27(5,24)25)15-16-9-7-8-10-17(16)20-11-13-21(14-12-20)18(23)26-19(2,3)4/h7-10H,6,11-15H2,1-5H3. The van der Waals surface area contributed by atoms with Gasteiger partial charge in [0.05, 0.1) is 6.26 Å². The van der Waals surface area contributed by atoms with Gasteiger partial charge in [-0.25, -0.2) is 13.2 Å². The molecule has 0 bridgehead atoms. The molecule has 0 spiro atoms. The van der Waals surface area contributed by atoms with Crippen LogP contribution in [0.5, 0.6) is 0 Å². The Kier molecular flexibility index (Phi) is 6.75. The average Bonchev–Trinajstić information content (AvgIpc) is 2.57. The molecular weight excluding hydrogens is 366 g/mol. The fourth-order valence-corrected chi connectivity index (χ4v) is 3.91. The van der Waals surface area contributed by atoms with Gasteiger partial charge in [-0.3, -0.25) is 0 Å². The van der Waals surface area contributed by atoms with E-state index in [0.29, 0.717) is 39.3 Å². The lowest BCUT2D eigenvalue weighted by molar-refractivity contribution is 0.0240. The first kappa shape index (κ1) is 21.5. The monoisotopic (exact) mass is 397 g/mol. The van der Waals surface area contributed by atoms with Gasteiger partial charge < -0.3 is 14.5 Å². The normalized spacial score (nSPS) is 15.9. The molecule has 0 aromatic heterocycles. The van der Waals surface area contributed by atoms with E-state index in [-0.39, 0.29) is 6.09 Å². The Morgan fingerprint density at radius 3 is 2.26 bits per heavy atom. The highest BCUT2D eigenvalue weighted by Gasteiger charge is 2.27. The molecule has 2 rings (SSSR count). The van der Waals surface area contributed by atoms with Crippen molar-refractivity contribution in [1.29, 1.82) is 0 Å². The van der Waals surface area contributed by atoms with E-state index >= 15 is 0 Å². The Bertz CT molecular complexity index is 750. The molecule has 8 heteroatoms. The Morgan fingerprint density at radius 2 is 1.74 bits per heavy atom. The van der Waals surface area contributed by atoms with Crippen LogP contribution in [-0.2, 0) is 21.3 Å². The third-order valence-corrected chi connectivity index (χ3v) is 5.76. The van der Waals surface area contributed by atoms with E-state index in [1.807, 2.05) is 52.0 Å². The van der Waals surface area contributed by atoms with Gasteiger partial charge in [-0.1, -0.05) is 25.1 Å². The van der Waals surface area contributed by atoms with Crippen LogP contribution in [0.15, 0.2) is 24.3 Å². The molecule has 1 aromatic carbocycles. The summed E-state index contributed by atoms with van der Waals surface area (Å²) in [4.78, 5) is 16.2. The zero-order chi connectivity index (χ0) is 20.2. The number of ether oxygens (including phenoxy) is 1. The number of nitrogens with zero attached hydrogens (tertiary/aromatic N) is 3. The predicted octanol–water partition coefficient (Wildman–Crippen LogP) is 2.53. The van der Waals surface area contributed by atoms with Crippen LogP contribution in [-0.4, -0.2) is 68.3 Å². The maximum absolute atomic E-state index is 12.2. The SMILES string of the molecule is CCN(Cc1ccccc1N1CCN(C(=O)OC(C)(C)C)CC1)S(C)(=O)=O. The van der Waals surface area contributed by atoms with E-state index in [1.165, 1.54) is 10.6 Å². The van der Waals surface area contributed by atoms with Crippen molar-refractivity contribution in [1.82, 2.24) is 9.21 Å². The second-order valence-electron chi connectivity index (χ2n) is 7.77. The highest BCUT2D eigenvalue weighted by molar-refractivity contribution is 7.88. The van der Waals surface area contributed by atoms with Crippen LogP contribution >= 0.6 is 0 Å². The van der Waals surface area contributed by atoms with Crippen LogP contribution in [0.25, 0.3) is 0 Å². The summed E-state index contributed by atoms with van der Waals surface area (Å²) in [6.45, 7) is 10.7. The summed E-state index contributed by atoms with van der Waals surface area (Å²) in [5.74, 6) is 0. The van der Waals surface area contributed by atoms with Gasteiger partial charge in [0, 0.05) is 45.0 Å². The molecule has 0 N–H and O–H groups in total. The number of para-hydroxylation sites is 1. The molecule has 0 radical (unpaired) electrons. The number of piperazine rings is 1. The number of carbonyl (C=O) groups excluding carboxylic acids is 1. The summed E-state index contributed by atoms with van der Waals surface area (Å²) in [7, 11) is -3.25. The van der Waals surface area contributed by atoms with Gasteiger partial charge in [-0.15, -0.1) is 0 Å². The van der Waals surface area contributed by atoms with Crippen molar-refractivity contribution < 1.29 is 17.9 Å². The molecule has 0 aliphatic carbocycles. The van der Waals surface area contributed by atoms with Crippen molar-refractivity contribution >= 4 is 21.8 Å². The second-order valence-corrected chi connectivity index (χ2v) is 9.75. The number of amides is 1. The van der Waals surface area contributed by atoms with E-state index in [0.717, 1.165) is 11.3 Å². The van der Waals surface area contributed by atoms with Crippen molar-refractivity contribution in [2.75, 3.05) is 43.9 Å². The van der Waals surface area contributed by atoms with Gasteiger partial charge in [0.15, 0.2) is 0 Å². The van der Waals surface area contributed by atoms with Crippen LogP contribution in [0.2, 0.25) is 0 Å². The van der Waals surface area contributed by atoms with Gasteiger partial charge in [-0.05, 0) is 32.4 Å². The summed E-state index contributed by atoms with van der Waals surface area (Å²) in [6, 6.07) is 7.85. The highest BCUT2D eigenvalue weighted by atomic mass is 32.2. The van der Waals surface area contributed by atoms with E-state index in [1.54, 1.807) is 4.90 Å². The minimum absolute atomic E-state index is 0.287. The Labute approximate surface area is 162 Å². The lowest BCUT2D eigenvalue weighted by atomic mass is 10.1. The number of hydrogen-bond acceptors (Lipinski definition) is 5. The van der Waals surface area contributed by atoms with Gasteiger partial charge in [-0.2, -0.15) is 4.31 Å². The number of hydrogen-bond donors (Lipinski definition) is 0. The number of benzene rings is 1. The van der Waals surface area contributed by atoms with Crippen molar-refractivity contribution in [3.8, 4) is 0 Å². The van der Waals surface area contributed by atoms with Crippen LogP contribution in [0.1, 0.15) is 33.3 Å². The molecule has 1 amide bonds. The van der Waals surface area contributed by atoms with Gasteiger partial charge >= 0.3 is 6.09 Å². The van der Waals surface area contributed by atoms with E-state index in [9.17, 15) is 13.2 Å². The van der Waals surface area contributed by atoms with Crippen molar-refractivity contribution in [2.45, 2.75) is 39.8 Å². The van der Waals surface area contributed by atoms with Gasteiger partial charge in [0.2, 0.25) is 10.0 Å². The predicted molar refractivity (Wildman–Crippen MR) is 107 cm³/mol. The summed E-state index contributed by atoms with van der Waals surface area (Å²) in [5.41, 5.74) is 1.48. The lowest BCUT2D eigenvalue weighted by Crippen LogP contribution is -2.50. The fraction of sp³-hybridized carbons (Fsp3) is 0.632. The van der Waals surface area contributed by atoms with E-state index in [2.05, 4.69) is 4.90 Å². The molecule has 0 atom stereocenters. The van der Waals surface area contributed by atoms with Gasteiger partial charge in [0.1, 0.15) is 5.60 Å². The molecule has 1 aromatic rings. The highest BCUT2D eigenvalue weighted by Crippen LogP contribution is 2.24. The molecule has 1 aliphatic heterocycles. The smallest absolute Gasteiger partial charge is 0.410 e. The van der Waals surface area contributed by atoms with Crippen molar-refractivity contribution in [2.24, 2.45) is 0 Å². The Morgan fingerprint density at radius 1 is 1.15 bits per heavy atom. The first-order chi connectivity index (χ1) is 12.5. The molecule has 0 unspecified atom stereocenters. The number of rotatable bonds is 5. The summed E-state index contributed by atoms with van der Waals surface area (Å²) in [5, 5.41) is 0. The fourth-order valence-electron chi connectivity index (χ4n) is 3.06. The molecule has 1 fully saturated rings. The molecule has 152 valence electrons. The zero-order valence-corrected chi connectivity index (χ0v) is 17.8. The average molecular weight is 398 g/mol. The zero-order valence-electron chi connectivity index (χ0n) is 16.9. The lowest BCUT2D eigenvalue weighted by Gasteiger charge is -2.37. The minimum atomic E-state index is -3.25. The quantitative estimate of drug-likeness (QED) is 0.764. The molecule has 7 nitrogen and oxygen atoms in total. The topological polar surface area (TPSA) is 70.2 Å². The maximum Gasteiger partial charge on any atom is 0.410 e. The minimum Gasteiger partial charge on any atom is -0.444 e. The maximum atomic E-state index is 12.2. The molecule has 1 heterocycles. The van der Waals surface area contributed by atoms with E-state index in [4.69, 9.17) is 4.74 Å². The van der Waals surface area contributed by atoms with Crippen molar-refractivity contribution in [3.05, 3.63) is 29.8 Å². The van der Waals surface area contributed by atoms with Crippen LogP contribution in [0, 0.1) is 0 Å². The Hall–Kier alpha value is -1.80. The molecule has 1 saturated heterocycles. The summed E-state index contributed by atoms with van der Waals surface area (Å²) in [6.07, 6.45) is 0.947. The number of anilines is 1. The first-order valence-corrected chi connectivity index (χ1v) is 11.1. The third kappa shape index (κ3) is 6.10.